The SMILES string of the molecule is COc1cc(O)c2c(OC3OC(CO)C(O)C(O)C3O)c(C(C)=O)c(C)cc2c1. The first kappa shape index (κ1) is 21.3. The lowest BCUT2D eigenvalue weighted by molar-refractivity contribution is -0.277. The molecule has 0 saturated carbocycles. The second kappa shape index (κ2) is 8.13. The van der Waals surface area contributed by atoms with Gasteiger partial charge < -0.3 is 39.7 Å². The van der Waals surface area contributed by atoms with Crippen LogP contribution in [-0.2, 0) is 4.74 Å². The third-order valence-electron chi connectivity index (χ3n) is 5.01. The highest BCUT2D eigenvalue weighted by atomic mass is 16.7. The van der Waals surface area contributed by atoms with Gasteiger partial charge in [-0.3, -0.25) is 4.79 Å². The van der Waals surface area contributed by atoms with Gasteiger partial charge in [0.25, 0.3) is 0 Å². The highest BCUT2D eigenvalue weighted by Gasteiger charge is 2.45. The maximum atomic E-state index is 12.3. The largest absolute Gasteiger partial charge is 0.507 e. The number of ketones is 1. The Kier molecular flexibility index (Phi) is 5.97. The van der Waals surface area contributed by atoms with Crippen LogP contribution < -0.4 is 9.47 Å². The van der Waals surface area contributed by atoms with Gasteiger partial charge in [-0.1, -0.05) is 6.07 Å². The quantitative estimate of drug-likeness (QED) is 0.439. The van der Waals surface area contributed by atoms with Crippen LogP contribution in [0.4, 0.5) is 0 Å². The van der Waals surface area contributed by atoms with Gasteiger partial charge in [0, 0.05) is 6.07 Å². The second-order valence-electron chi connectivity index (χ2n) is 7.01. The number of methoxy groups -OCH3 is 1. The number of ether oxygens (including phenoxy) is 3. The molecule has 29 heavy (non-hydrogen) atoms. The summed E-state index contributed by atoms with van der Waals surface area (Å²) in [6.45, 7) is 2.39. The molecule has 1 aliphatic heterocycles. The number of aromatic hydroxyl groups is 1. The number of phenolic OH excluding ortho intramolecular Hbond substituents is 1. The first-order chi connectivity index (χ1) is 13.7. The zero-order chi connectivity index (χ0) is 21.5. The van der Waals surface area contributed by atoms with E-state index < -0.39 is 37.3 Å². The molecule has 1 saturated heterocycles. The fourth-order valence-electron chi connectivity index (χ4n) is 3.55. The minimum Gasteiger partial charge on any atom is -0.507 e. The number of aliphatic hydroxyl groups is 4. The maximum Gasteiger partial charge on any atom is 0.229 e. The molecular formula is C20H24O9. The molecule has 0 radical (unpaired) electrons. The van der Waals surface area contributed by atoms with Crippen molar-refractivity contribution in [2.24, 2.45) is 0 Å². The minimum absolute atomic E-state index is 0.0445. The molecule has 9 heteroatoms. The Balaban J connectivity index is 2.16. The zero-order valence-corrected chi connectivity index (χ0v) is 16.2. The summed E-state index contributed by atoms with van der Waals surface area (Å²) in [7, 11) is 1.45. The van der Waals surface area contributed by atoms with Gasteiger partial charge in [0.05, 0.1) is 24.7 Å². The van der Waals surface area contributed by atoms with E-state index in [2.05, 4.69) is 0 Å². The molecule has 5 N–H and O–H groups in total. The first-order valence-electron chi connectivity index (χ1n) is 9.02. The number of carbonyl (C=O) groups is 1. The molecule has 5 atom stereocenters. The molecule has 5 unspecified atom stereocenters. The number of phenols is 1. The van der Waals surface area contributed by atoms with E-state index in [1.54, 1.807) is 19.1 Å². The predicted octanol–water partition coefficient (Wildman–Crippen LogP) is 0.244. The molecule has 3 rings (SSSR count). The third-order valence-corrected chi connectivity index (χ3v) is 5.01. The van der Waals surface area contributed by atoms with Crippen LogP contribution in [-0.4, -0.2) is 75.7 Å². The lowest BCUT2D eigenvalue weighted by Crippen LogP contribution is -2.60. The van der Waals surface area contributed by atoms with Crippen molar-refractivity contribution in [1.29, 1.82) is 0 Å². The molecule has 1 aliphatic rings. The Morgan fingerprint density at radius 2 is 1.83 bits per heavy atom. The Morgan fingerprint density at radius 1 is 1.14 bits per heavy atom. The van der Waals surface area contributed by atoms with Crippen molar-refractivity contribution < 1.29 is 44.5 Å². The fraction of sp³-hybridized carbons (Fsp3) is 0.450. The van der Waals surface area contributed by atoms with Crippen LogP contribution >= 0.6 is 0 Å². The minimum atomic E-state index is -1.66. The van der Waals surface area contributed by atoms with Crippen molar-refractivity contribution >= 4 is 16.6 Å². The Morgan fingerprint density at radius 3 is 2.41 bits per heavy atom. The summed E-state index contributed by atoms with van der Waals surface area (Å²) in [5.41, 5.74) is 0.715. The fourth-order valence-corrected chi connectivity index (χ4v) is 3.55. The number of hydrogen-bond donors (Lipinski definition) is 5. The van der Waals surface area contributed by atoms with Crippen LogP contribution in [0.2, 0.25) is 0 Å². The van der Waals surface area contributed by atoms with Crippen LogP contribution in [0.5, 0.6) is 17.2 Å². The average molecular weight is 408 g/mol. The van der Waals surface area contributed by atoms with Crippen molar-refractivity contribution in [2.75, 3.05) is 13.7 Å². The second-order valence-corrected chi connectivity index (χ2v) is 7.01. The average Bonchev–Trinajstić information content (AvgIpc) is 2.67. The third kappa shape index (κ3) is 3.75. The number of carbonyl (C=O) groups excluding carboxylic acids is 1. The summed E-state index contributed by atoms with van der Waals surface area (Å²) in [5.74, 6) is -0.221. The van der Waals surface area contributed by atoms with Gasteiger partial charge in [0.1, 0.15) is 41.7 Å². The van der Waals surface area contributed by atoms with Crippen LogP contribution in [0.25, 0.3) is 10.8 Å². The number of aryl methyl sites for hydroxylation is 1. The number of benzene rings is 2. The lowest BCUT2D eigenvalue weighted by atomic mass is 9.96. The van der Waals surface area contributed by atoms with E-state index in [-0.39, 0.29) is 28.2 Å². The zero-order valence-electron chi connectivity index (χ0n) is 16.2. The summed E-state index contributed by atoms with van der Waals surface area (Å²) in [4.78, 5) is 12.3. The van der Waals surface area contributed by atoms with Gasteiger partial charge in [-0.2, -0.15) is 0 Å². The van der Waals surface area contributed by atoms with Crippen molar-refractivity contribution in [3.8, 4) is 17.2 Å². The van der Waals surface area contributed by atoms with E-state index in [9.17, 15) is 30.3 Å². The van der Waals surface area contributed by atoms with Crippen LogP contribution in [0.1, 0.15) is 22.8 Å². The van der Waals surface area contributed by atoms with E-state index in [0.717, 1.165) is 0 Å². The molecule has 0 spiro atoms. The number of aliphatic hydroxyl groups excluding tert-OH is 4. The Labute approximate surface area is 166 Å². The Bertz CT molecular complexity index is 924. The van der Waals surface area contributed by atoms with Crippen LogP contribution in [0.3, 0.4) is 0 Å². The molecule has 1 fully saturated rings. The summed E-state index contributed by atoms with van der Waals surface area (Å²) >= 11 is 0. The van der Waals surface area contributed by atoms with Crippen LogP contribution in [0, 0.1) is 6.92 Å². The first-order valence-corrected chi connectivity index (χ1v) is 9.02. The topological polar surface area (TPSA) is 146 Å². The van der Waals surface area contributed by atoms with Gasteiger partial charge in [-0.05, 0) is 30.9 Å². The van der Waals surface area contributed by atoms with E-state index in [1.165, 1.54) is 20.1 Å². The predicted molar refractivity (Wildman–Crippen MR) is 101 cm³/mol. The molecule has 9 nitrogen and oxygen atoms in total. The highest BCUT2D eigenvalue weighted by molar-refractivity contribution is 6.07. The number of Topliss-reactive ketones (excluding diaryl/α,β-unsaturated/α-hetero) is 1. The van der Waals surface area contributed by atoms with Gasteiger partial charge in [0.15, 0.2) is 5.78 Å². The van der Waals surface area contributed by atoms with Crippen molar-refractivity contribution in [1.82, 2.24) is 0 Å². The summed E-state index contributed by atoms with van der Waals surface area (Å²) < 4.78 is 16.3. The molecule has 1 heterocycles. The molecule has 0 aromatic heterocycles. The molecule has 0 bridgehead atoms. The number of fused-ring (bicyclic) bond motifs is 1. The monoisotopic (exact) mass is 408 g/mol. The molecule has 2 aromatic rings. The molecule has 0 aliphatic carbocycles. The Hall–Kier alpha value is -2.43. The molecular weight excluding hydrogens is 384 g/mol. The summed E-state index contributed by atoms with van der Waals surface area (Å²) in [5, 5.41) is 50.9. The summed E-state index contributed by atoms with van der Waals surface area (Å²) in [6.07, 6.45) is -7.53. The molecule has 158 valence electrons. The normalized spacial score (nSPS) is 27.1. The van der Waals surface area contributed by atoms with Crippen molar-refractivity contribution in [3.63, 3.8) is 0 Å². The number of rotatable bonds is 5. The van der Waals surface area contributed by atoms with Gasteiger partial charge >= 0.3 is 0 Å². The maximum absolute atomic E-state index is 12.3. The van der Waals surface area contributed by atoms with Crippen molar-refractivity contribution in [3.05, 3.63) is 29.3 Å². The lowest BCUT2D eigenvalue weighted by Gasteiger charge is -2.40. The molecule has 0 amide bonds. The van der Waals surface area contributed by atoms with E-state index in [0.29, 0.717) is 16.7 Å². The van der Waals surface area contributed by atoms with Gasteiger partial charge in [-0.15, -0.1) is 0 Å². The van der Waals surface area contributed by atoms with E-state index in [1.807, 2.05) is 0 Å². The summed E-state index contributed by atoms with van der Waals surface area (Å²) in [6, 6.07) is 4.68. The van der Waals surface area contributed by atoms with Crippen LogP contribution in [0.15, 0.2) is 18.2 Å². The highest BCUT2D eigenvalue weighted by Crippen LogP contribution is 2.42. The number of hydrogen-bond acceptors (Lipinski definition) is 9. The van der Waals surface area contributed by atoms with Gasteiger partial charge in [-0.25, -0.2) is 0 Å². The standard InChI is InChI=1S/C20H24O9/c1-8-4-10-5-11(27-3)6-12(23)15(10)19(14(8)9(2)22)29-20-18(26)17(25)16(24)13(7-21)28-20/h4-6,13,16-18,20-21,23-26H,7H2,1-3H3. The van der Waals surface area contributed by atoms with E-state index >= 15 is 0 Å². The van der Waals surface area contributed by atoms with Gasteiger partial charge in [0.2, 0.25) is 6.29 Å². The smallest absolute Gasteiger partial charge is 0.229 e. The molecule has 2 aromatic carbocycles. The van der Waals surface area contributed by atoms with Crippen molar-refractivity contribution in [2.45, 2.75) is 44.6 Å². The van der Waals surface area contributed by atoms with E-state index in [4.69, 9.17) is 14.2 Å².